The van der Waals surface area contributed by atoms with Crippen molar-refractivity contribution in [3.63, 3.8) is 0 Å². The van der Waals surface area contributed by atoms with Gasteiger partial charge >= 0.3 is 0 Å². The third-order valence-corrected chi connectivity index (χ3v) is 4.36. The number of guanidine groups is 1. The molecule has 2 amide bonds. The van der Waals surface area contributed by atoms with Crippen LogP contribution < -0.4 is 16.0 Å². The number of nitrogens with one attached hydrogen (secondary N) is 3. The number of hydrogen-bond donors (Lipinski definition) is 3. The summed E-state index contributed by atoms with van der Waals surface area (Å²) in [5.41, 5.74) is 1.63. The highest BCUT2D eigenvalue weighted by atomic mass is 16.2. The molecule has 1 aromatic rings. The Balaban J connectivity index is 1.91. The maximum absolute atomic E-state index is 12.5. The van der Waals surface area contributed by atoms with Crippen LogP contribution in [-0.4, -0.2) is 55.4 Å². The molecule has 0 unspecified atom stereocenters. The van der Waals surface area contributed by atoms with E-state index in [0.717, 1.165) is 31.0 Å². The maximum Gasteiger partial charge on any atom is 0.254 e. The van der Waals surface area contributed by atoms with Gasteiger partial charge in [0.1, 0.15) is 0 Å². The van der Waals surface area contributed by atoms with Crippen molar-refractivity contribution in [2.24, 2.45) is 4.99 Å². The Kier molecular flexibility index (Phi) is 8.61. The molecular formula is C20H31N5O2. The highest BCUT2D eigenvalue weighted by Gasteiger charge is 2.21. The zero-order valence-electron chi connectivity index (χ0n) is 16.4. The third kappa shape index (κ3) is 6.92. The molecule has 0 saturated carbocycles. The van der Waals surface area contributed by atoms with E-state index < -0.39 is 0 Å². The average Bonchev–Trinajstić information content (AvgIpc) is 2.69. The van der Waals surface area contributed by atoms with Gasteiger partial charge in [0.25, 0.3) is 5.91 Å². The molecular weight excluding hydrogens is 342 g/mol. The molecule has 1 fully saturated rings. The van der Waals surface area contributed by atoms with E-state index in [0.29, 0.717) is 25.2 Å². The van der Waals surface area contributed by atoms with Crippen LogP contribution in [0.5, 0.6) is 0 Å². The zero-order valence-corrected chi connectivity index (χ0v) is 16.4. The summed E-state index contributed by atoms with van der Waals surface area (Å²) in [4.78, 5) is 30.1. The predicted octanol–water partition coefficient (Wildman–Crippen LogP) is 1.50. The van der Waals surface area contributed by atoms with Gasteiger partial charge in [0.15, 0.2) is 5.96 Å². The van der Waals surface area contributed by atoms with Crippen molar-refractivity contribution in [2.75, 3.05) is 32.7 Å². The monoisotopic (exact) mass is 373 g/mol. The van der Waals surface area contributed by atoms with E-state index in [1.807, 2.05) is 19.1 Å². The first kappa shape index (κ1) is 20.7. The van der Waals surface area contributed by atoms with E-state index in [4.69, 9.17) is 0 Å². The highest BCUT2D eigenvalue weighted by molar-refractivity contribution is 5.97. The van der Waals surface area contributed by atoms with Crippen molar-refractivity contribution < 1.29 is 9.59 Å². The number of amides is 2. The van der Waals surface area contributed by atoms with E-state index in [-0.39, 0.29) is 18.4 Å². The summed E-state index contributed by atoms with van der Waals surface area (Å²) >= 11 is 0. The lowest BCUT2D eigenvalue weighted by molar-refractivity contribution is -0.123. The van der Waals surface area contributed by atoms with Gasteiger partial charge in [-0.3, -0.25) is 9.59 Å². The van der Waals surface area contributed by atoms with E-state index in [1.165, 1.54) is 12.8 Å². The fraction of sp³-hybridized carbons (Fsp3) is 0.550. The van der Waals surface area contributed by atoms with Crippen LogP contribution in [0.4, 0.5) is 0 Å². The van der Waals surface area contributed by atoms with Gasteiger partial charge in [-0.15, -0.1) is 0 Å². The summed E-state index contributed by atoms with van der Waals surface area (Å²) in [5, 5.41) is 9.32. The van der Waals surface area contributed by atoms with Crippen LogP contribution in [0.2, 0.25) is 0 Å². The largest absolute Gasteiger partial charge is 0.357 e. The van der Waals surface area contributed by atoms with Crippen LogP contribution >= 0.6 is 0 Å². The van der Waals surface area contributed by atoms with Gasteiger partial charge < -0.3 is 20.9 Å². The van der Waals surface area contributed by atoms with E-state index >= 15 is 0 Å². The Bertz CT molecular complexity index is 642. The van der Waals surface area contributed by atoms with Gasteiger partial charge in [-0.25, -0.2) is 4.99 Å². The van der Waals surface area contributed by atoms with E-state index in [1.54, 1.807) is 17.0 Å². The van der Waals surface area contributed by atoms with Gasteiger partial charge in [-0.05, 0) is 31.0 Å². The molecule has 1 aromatic carbocycles. The first-order valence-corrected chi connectivity index (χ1v) is 9.81. The molecule has 27 heavy (non-hydrogen) atoms. The van der Waals surface area contributed by atoms with Crippen LogP contribution in [0.25, 0.3) is 0 Å². The van der Waals surface area contributed by atoms with Crippen molar-refractivity contribution in [3.05, 3.63) is 35.4 Å². The number of unbranched alkanes of at least 4 members (excludes halogenated alkanes) is 2. The van der Waals surface area contributed by atoms with Gasteiger partial charge in [-0.2, -0.15) is 0 Å². The van der Waals surface area contributed by atoms with Gasteiger partial charge in [-0.1, -0.05) is 31.9 Å². The minimum atomic E-state index is -0.108. The summed E-state index contributed by atoms with van der Waals surface area (Å²) in [6.07, 6.45) is 3.54. The Morgan fingerprint density at radius 3 is 2.63 bits per heavy atom. The van der Waals surface area contributed by atoms with Crippen molar-refractivity contribution in [1.82, 2.24) is 20.9 Å². The first-order chi connectivity index (χ1) is 13.1. The molecule has 1 saturated heterocycles. The summed E-state index contributed by atoms with van der Waals surface area (Å²) in [6, 6.07) is 7.45. The average molecular weight is 374 g/mol. The lowest BCUT2D eigenvalue weighted by Crippen LogP contribution is -2.49. The van der Waals surface area contributed by atoms with Crippen LogP contribution in [0.3, 0.4) is 0 Å². The van der Waals surface area contributed by atoms with Gasteiger partial charge in [0.05, 0.1) is 13.1 Å². The molecule has 0 atom stereocenters. The van der Waals surface area contributed by atoms with Crippen molar-refractivity contribution in [1.29, 1.82) is 0 Å². The quantitative estimate of drug-likeness (QED) is 0.366. The molecule has 3 N–H and O–H groups in total. The Hall–Kier alpha value is -2.57. The highest BCUT2D eigenvalue weighted by Crippen LogP contribution is 2.10. The molecule has 0 spiro atoms. The third-order valence-electron chi connectivity index (χ3n) is 4.36. The number of rotatable bonds is 8. The topological polar surface area (TPSA) is 85.8 Å². The summed E-state index contributed by atoms with van der Waals surface area (Å²) in [7, 11) is 0. The molecule has 1 aliphatic heterocycles. The molecule has 0 aliphatic carbocycles. The molecule has 2 rings (SSSR count). The Labute approximate surface area is 161 Å². The fourth-order valence-electron chi connectivity index (χ4n) is 2.84. The van der Waals surface area contributed by atoms with Crippen LogP contribution in [0, 0.1) is 0 Å². The second kappa shape index (κ2) is 11.2. The number of carbonyl (C=O) groups is 2. The number of hydrogen-bond acceptors (Lipinski definition) is 3. The SMILES string of the molecule is CCCCCNC(=NCc1ccc(C(=O)N2CCNC(=O)C2)cc1)NCC. The smallest absolute Gasteiger partial charge is 0.254 e. The lowest BCUT2D eigenvalue weighted by atomic mass is 10.1. The lowest BCUT2D eigenvalue weighted by Gasteiger charge is -2.26. The molecule has 0 radical (unpaired) electrons. The number of benzene rings is 1. The first-order valence-electron chi connectivity index (χ1n) is 9.81. The number of nitrogens with zero attached hydrogens (tertiary/aromatic N) is 2. The second-order valence-corrected chi connectivity index (χ2v) is 6.60. The number of carbonyl (C=O) groups excluding carboxylic acids is 2. The van der Waals surface area contributed by atoms with E-state index in [9.17, 15) is 9.59 Å². The molecule has 7 nitrogen and oxygen atoms in total. The van der Waals surface area contributed by atoms with E-state index in [2.05, 4.69) is 27.9 Å². The summed E-state index contributed by atoms with van der Waals surface area (Å²) < 4.78 is 0. The summed E-state index contributed by atoms with van der Waals surface area (Å²) in [5.74, 6) is 0.599. The Morgan fingerprint density at radius 1 is 1.19 bits per heavy atom. The summed E-state index contributed by atoms with van der Waals surface area (Å²) in [6.45, 7) is 7.69. The zero-order chi connectivity index (χ0) is 19.5. The molecule has 1 heterocycles. The predicted molar refractivity (Wildman–Crippen MR) is 108 cm³/mol. The normalized spacial score (nSPS) is 14.7. The standard InChI is InChI=1S/C20H31N5O2/c1-3-5-6-11-23-20(21-4-2)24-14-16-7-9-17(10-8-16)19(27)25-13-12-22-18(26)15-25/h7-10H,3-6,11-15H2,1-2H3,(H,22,26)(H2,21,23,24). The van der Waals surface area contributed by atoms with Crippen molar-refractivity contribution in [3.8, 4) is 0 Å². The van der Waals surface area contributed by atoms with Crippen LogP contribution in [0.15, 0.2) is 29.3 Å². The molecule has 0 aromatic heterocycles. The molecule has 1 aliphatic rings. The minimum absolute atomic E-state index is 0.106. The number of piperazine rings is 1. The fourth-order valence-corrected chi connectivity index (χ4v) is 2.84. The number of aliphatic imine (C=N–C) groups is 1. The Morgan fingerprint density at radius 2 is 1.96 bits per heavy atom. The minimum Gasteiger partial charge on any atom is -0.357 e. The van der Waals surface area contributed by atoms with Gasteiger partial charge in [0, 0.05) is 31.7 Å². The molecule has 0 bridgehead atoms. The maximum atomic E-state index is 12.5. The van der Waals surface area contributed by atoms with Crippen molar-refractivity contribution >= 4 is 17.8 Å². The van der Waals surface area contributed by atoms with Gasteiger partial charge in [0.2, 0.25) is 5.91 Å². The molecule has 7 heteroatoms. The van der Waals surface area contributed by atoms with Crippen LogP contribution in [-0.2, 0) is 11.3 Å². The molecule has 148 valence electrons. The van der Waals surface area contributed by atoms with Crippen LogP contribution in [0.1, 0.15) is 49.0 Å². The van der Waals surface area contributed by atoms with Crippen molar-refractivity contribution in [2.45, 2.75) is 39.7 Å². The second-order valence-electron chi connectivity index (χ2n) is 6.60.